The monoisotopic (exact) mass is 333 g/mol. The summed E-state index contributed by atoms with van der Waals surface area (Å²) in [6.45, 7) is 3.69. The highest BCUT2D eigenvalue weighted by molar-refractivity contribution is 7.13. The van der Waals surface area contributed by atoms with E-state index in [1.54, 1.807) is 5.51 Å². The normalized spacial score (nSPS) is 16.7. The summed E-state index contributed by atoms with van der Waals surface area (Å²) in [6, 6.07) is 10.1. The fraction of sp³-hybridized carbons (Fsp3) is 0.400. The molecule has 122 valence electrons. The first-order chi connectivity index (χ1) is 11.3. The summed E-state index contributed by atoms with van der Waals surface area (Å²) in [6.07, 6.45) is 0. The second kappa shape index (κ2) is 8.00. The molecule has 1 fully saturated rings. The first-order valence-electron chi connectivity index (χ1n) is 7.50. The number of ether oxygens (including phenoxy) is 1. The molecule has 0 aliphatic carbocycles. The molecule has 1 aliphatic heterocycles. The highest BCUT2D eigenvalue weighted by Gasteiger charge is 2.23. The van der Waals surface area contributed by atoms with Gasteiger partial charge >= 0.3 is 6.03 Å². The lowest BCUT2D eigenvalue weighted by molar-refractivity contribution is 0.0168. The fourth-order valence-corrected chi connectivity index (χ4v) is 3.02. The molecule has 1 atom stereocenters. The molecule has 3 rings (SSSR count). The van der Waals surface area contributed by atoms with Crippen LogP contribution in [0, 0.1) is 0 Å². The first kappa shape index (κ1) is 15.9. The lowest BCUT2D eigenvalue weighted by Gasteiger charge is -2.34. The molecule has 0 saturated carbocycles. The number of hydrogen-bond acceptors (Lipinski definition) is 6. The molecule has 2 amide bonds. The number of nitrogens with zero attached hydrogens (tertiary/aromatic N) is 3. The van der Waals surface area contributed by atoms with Gasteiger partial charge < -0.3 is 10.1 Å². The minimum Gasteiger partial charge on any atom is -0.379 e. The molecule has 1 saturated heterocycles. The van der Waals surface area contributed by atoms with Gasteiger partial charge in [0.15, 0.2) is 0 Å². The van der Waals surface area contributed by atoms with Crippen LogP contribution in [0.1, 0.15) is 11.6 Å². The molecular formula is C15H19N5O2S. The molecule has 0 unspecified atom stereocenters. The summed E-state index contributed by atoms with van der Waals surface area (Å²) in [5, 5.41) is 13.6. The van der Waals surface area contributed by atoms with Crippen LogP contribution < -0.4 is 10.6 Å². The highest BCUT2D eigenvalue weighted by atomic mass is 32.1. The average Bonchev–Trinajstić information content (AvgIpc) is 3.10. The van der Waals surface area contributed by atoms with Crippen LogP contribution in [-0.2, 0) is 4.74 Å². The van der Waals surface area contributed by atoms with Crippen molar-refractivity contribution in [2.75, 3.05) is 38.2 Å². The van der Waals surface area contributed by atoms with Crippen molar-refractivity contribution in [2.45, 2.75) is 6.04 Å². The molecule has 0 bridgehead atoms. The first-order valence-corrected chi connectivity index (χ1v) is 8.38. The second-order valence-corrected chi connectivity index (χ2v) is 5.99. The van der Waals surface area contributed by atoms with Crippen LogP contribution in [0.4, 0.5) is 9.93 Å². The van der Waals surface area contributed by atoms with Gasteiger partial charge in [-0.1, -0.05) is 41.7 Å². The lowest BCUT2D eigenvalue weighted by atomic mass is 10.0. The Morgan fingerprint density at radius 3 is 2.78 bits per heavy atom. The molecule has 1 aromatic carbocycles. The number of hydrogen-bond donors (Lipinski definition) is 2. The number of rotatable bonds is 5. The number of nitrogens with one attached hydrogen (secondary N) is 2. The quantitative estimate of drug-likeness (QED) is 0.871. The Labute approximate surface area is 138 Å². The van der Waals surface area contributed by atoms with E-state index >= 15 is 0 Å². The molecular weight excluding hydrogens is 314 g/mol. The number of morpholine rings is 1. The van der Waals surface area contributed by atoms with Crippen LogP contribution in [0.3, 0.4) is 0 Å². The van der Waals surface area contributed by atoms with E-state index in [-0.39, 0.29) is 12.1 Å². The van der Waals surface area contributed by atoms with Crippen LogP contribution in [0.25, 0.3) is 0 Å². The van der Waals surface area contributed by atoms with Crippen molar-refractivity contribution in [3.8, 4) is 0 Å². The van der Waals surface area contributed by atoms with Crippen LogP contribution >= 0.6 is 11.3 Å². The van der Waals surface area contributed by atoms with E-state index in [0.29, 0.717) is 11.7 Å². The van der Waals surface area contributed by atoms with Gasteiger partial charge in [0.25, 0.3) is 0 Å². The van der Waals surface area contributed by atoms with Crippen molar-refractivity contribution in [1.29, 1.82) is 0 Å². The second-order valence-electron chi connectivity index (χ2n) is 5.15. The number of carbonyl (C=O) groups excluding carboxylic acids is 1. The standard InChI is InChI=1S/C15H19N5O2S/c21-14(18-15-19-17-11-23-15)16-10-13(12-4-2-1-3-5-12)20-6-8-22-9-7-20/h1-5,11,13H,6-10H2,(H2,16,18,19,21)/t13-/m0/s1. The zero-order valence-electron chi connectivity index (χ0n) is 12.6. The lowest BCUT2D eigenvalue weighted by Crippen LogP contribution is -2.44. The fourth-order valence-electron chi connectivity index (χ4n) is 2.58. The Balaban J connectivity index is 1.62. The Hall–Kier alpha value is -2.03. The van der Waals surface area contributed by atoms with Crippen molar-refractivity contribution in [2.24, 2.45) is 0 Å². The van der Waals surface area contributed by atoms with Gasteiger partial charge in [-0.15, -0.1) is 10.2 Å². The summed E-state index contributed by atoms with van der Waals surface area (Å²) in [7, 11) is 0. The van der Waals surface area contributed by atoms with Gasteiger partial charge in [-0.25, -0.2) is 4.79 Å². The van der Waals surface area contributed by atoms with E-state index in [1.165, 1.54) is 16.9 Å². The molecule has 7 nitrogen and oxygen atoms in total. The Morgan fingerprint density at radius 2 is 2.09 bits per heavy atom. The molecule has 0 spiro atoms. The Bertz CT molecular complexity index is 602. The van der Waals surface area contributed by atoms with E-state index in [2.05, 4.69) is 37.9 Å². The highest BCUT2D eigenvalue weighted by Crippen LogP contribution is 2.21. The van der Waals surface area contributed by atoms with E-state index in [0.717, 1.165) is 26.3 Å². The number of benzene rings is 1. The van der Waals surface area contributed by atoms with Gasteiger partial charge in [-0.2, -0.15) is 0 Å². The topological polar surface area (TPSA) is 79.4 Å². The number of amides is 2. The smallest absolute Gasteiger partial charge is 0.321 e. The van der Waals surface area contributed by atoms with Crippen LogP contribution in [0.5, 0.6) is 0 Å². The van der Waals surface area contributed by atoms with Crippen molar-refractivity contribution in [3.63, 3.8) is 0 Å². The van der Waals surface area contributed by atoms with Crippen molar-refractivity contribution < 1.29 is 9.53 Å². The summed E-state index contributed by atoms with van der Waals surface area (Å²) in [5.41, 5.74) is 2.77. The summed E-state index contributed by atoms with van der Waals surface area (Å²) in [5.74, 6) is 0. The third-order valence-electron chi connectivity index (χ3n) is 3.71. The third kappa shape index (κ3) is 4.47. The Kier molecular flexibility index (Phi) is 5.51. The van der Waals surface area contributed by atoms with Gasteiger partial charge in [-0.3, -0.25) is 10.2 Å². The van der Waals surface area contributed by atoms with Crippen LogP contribution in [0.2, 0.25) is 0 Å². The van der Waals surface area contributed by atoms with Crippen molar-refractivity contribution >= 4 is 22.5 Å². The van der Waals surface area contributed by atoms with Crippen LogP contribution in [0.15, 0.2) is 35.8 Å². The van der Waals surface area contributed by atoms with E-state index in [1.807, 2.05) is 18.2 Å². The van der Waals surface area contributed by atoms with Crippen LogP contribution in [-0.4, -0.2) is 54.0 Å². The summed E-state index contributed by atoms with van der Waals surface area (Å²) >= 11 is 1.29. The van der Waals surface area contributed by atoms with Gasteiger partial charge in [0.2, 0.25) is 5.13 Å². The molecule has 2 N–H and O–H groups in total. The van der Waals surface area contributed by atoms with Gasteiger partial charge in [0.05, 0.1) is 19.3 Å². The minimum atomic E-state index is -0.268. The number of urea groups is 1. The van der Waals surface area contributed by atoms with Crippen molar-refractivity contribution in [1.82, 2.24) is 20.4 Å². The molecule has 0 radical (unpaired) electrons. The predicted molar refractivity (Wildman–Crippen MR) is 88.5 cm³/mol. The van der Waals surface area contributed by atoms with E-state index in [4.69, 9.17) is 4.74 Å². The molecule has 2 heterocycles. The molecule has 2 aromatic rings. The van der Waals surface area contributed by atoms with Gasteiger partial charge in [0, 0.05) is 19.6 Å². The molecule has 1 aromatic heterocycles. The third-order valence-corrected chi connectivity index (χ3v) is 4.31. The zero-order valence-corrected chi connectivity index (χ0v) is 13.5. The maximum Gasteiger partial charge on any atom is 0.321 e. The number of carbonyl (C=O) groups is 1. The van der Waals surface area contributed by atoms with Crippen molar-refractivity contribution in [3.05, 3.63) is 41.4 Å². The Morgan fingerprint density at radius 1 is 1.30 bits per heavy atom. The number of anilines is 1. The number of aromatic nitrogens is 2. The SMILES string of the molecule is O=C(NC[C@@H](c1ccccc1)N1CCOCC1)Nc1nncs1. The molecule has 1 aliphatic rings. The average molecular weight is 333 g/mol. The van der Waals surface area contributed by atoms with E-state index in [9.17, 15) is 4.79 Å². The predicted octanol–water partition coefficient (Wildman–Crippen LogP) is 1.73. The van der Waals surface area contributed by atoms with Gasteiger partial charge in [-0.05, 0) is 5.56 Å². The van der Waals surface area contributed by atoms with Gasteiger partial charge in [0.1, 0.15) is 5.51 Å². The van der Waals surface area contributed by atoms with E-state index < -0.39 is 0 Å². The maximum absolute atomic E-state index is 12.0. The maximum atomic E-state index is 12.0. The zero-order chi connectivity index (χ0) is 15.9. The summed E-state index contributed by atoms with van der Waals surface area (Å²) < 4.78 is 5.43. The molecule has 23 heavy (non-hydrogen) atoms. The largest absolute Gasteiger partial charge is 0.379 e. The minimum absolute atomic E-state index is 0.125. The summed E-state index contributed by atoms with van der Waals surface area (Å²) in [4.78, 5) is 14.3. The molecule has 8 heteroatoms.